The van der Waals surface area contributed by atoms with Crippen LogP contribution in [0.5, 0.6) is 0 Å². The van der Waals surface area contributed by atoms with E-state index in [0.29, 0.717) is 24.0 Å². The van der Waals surface area contributed by atoms with E-state index in [-0.39, 0.29) is 41.5 Å². The zero-order valence-electron chi connectivity index (χ0n) is 17.3. The molecule has 1 aliphatic rings. The van der Waals surface area contributed by atoms with E-state index in [0.717, 1.165) is 0 Å². The third kappa shape index (κ3) is 5.18. The van der Waals surface area contributed by atoms with Gasteiger partial charge in [0.15, 0.2) is 0 Å². The summed E-state index contributed by atoms with van der Waals surface area (Å²) in [5.41, 5.74) is 1.06. The summed E-state index contributed by atoms with van der Waals surface area (Å²) in [6.45, 7) is 3.81. The predicted octanol–water partition coefficient (Wildman–Crippen LogP) is 2.61. The van der Waals surface area contributed by atoms with E-state index in [1.807, 2.05) is 0 Å². The summed E-state index contributed by atoms with van der Waals surface area (Å²) < 4.78 is 31.9. The number of nitrogens with one attached hydrogen (secondary N) is 1. The molecule has 0 bridgehead atoms. The van der Waals surface area contributed by atoms with Gasteiger partial charge in [-0.2, -0.15) is 0 Å². The highest BCUT2D eigenvalue weighted by Crippen LogP contribution is 2.22. The number of hydrogen-bond donors (Lipinski definition) is 1. The molecule has 0 aliphatic carbocycles. The smallest absolute Gasteiger partial charge is 0.338 e. The number of amides is 2. The number of unbranched alkanes of at least 4 members (excludes halogenated alkanes) is 1. The van der Waals surface area contributed by atoms with Crippen molar-refractivity contribution in [2.75, 3.05) is 13.2 Å². The zero-order chi connectivity index (χ0) is 22.6. The summed E-state index contributed by atoms with van der Waals surface area (Å²) in [5, 5.41) is 0. The Labute approximate surface area is 181 Å². The average molecular weight is 445 g/mol. The van der Waals surface area contributed by atoms with Crippen LogP contribution in [0.15, 0.2) is 53.4 Å². The van der Waals surface area contributed by atoms with Crippen molar-refractivity contribution in [2.45, 2.75) is 37.6 Å². The number of fused-ring (bicyclic) bond motifs is 1. The predicted molar refractivity (Wildman–Crippen MR) is 113 cm³/mol. The fourth-order valence-electron chi connectivity index (χ4n) is 3.21. The number of ether oxygens (including phenoxy) is 1. The molecule has 2 aromatic rings. The topological polar surface area (TPSA) is 110 Å². The lowest BCUT2D eigenvalue weighted by atomic mass is 10.1. The van der Waals surface area contributed by atoms with Gasteiger partial charge in [0.1, 0.15) is 0 Å². The number of imide groups is 1. The average Bonchev–Trinajstić information content (AvgIpc) is 2.97. The number of nitrogens with zero attached hydrogens (tertiary/aromatic N) is 1. The van der Waals surface area contributed by atoms with Gasteiger partial charge in [-0.05, 0) is 63.1 Å². The van der Waals surface area contributed by atoms with Crippen LogP contribution in [0.3, 0.4) is 0 Å². The molecule has 0 spiro atoms. The fraction of sp³-hybridized carbons (Fsp3) is 0.318. The van der Waals surface area contributed by atoms with Crippen LogP contribution in [0.25, 0.3) is 0 Å². The highest BCUT2D eigenvalue weighted by Gasteiger charge is 2.34. The number of rotatable bonds is 9. The first-order chi connectivity index (χ1) is 14.7. The van der Waals surface area contributed by atoms with E-state index in [9.17, 15) is 22.8 Å². The Balaban J connectivity index is 1.45. The normalized spacial score (nSPS) is 13.6. The van der Waals surface area contributed by atoms with Crippen LogP contribution in [0.1, 0.15) is 57.8 Å². The van der Waals surface area contributed by atoms with Gasteiger partial charge in [0.2, 0.25) is 10.0 Å². The van der Waals surface area contributed by atoms with E-state index >= 15 is 0 Å². The van der Waals surface area contributed by atoms with Crippen molar-refractivity contribution >= 4 is 27.8 Å². The van der Waals surface area contributed by atoms with Crippen molar-refractivity contribution in [3.05, 3.63) is 65.2 Å². The molecule has 1 aliphatic heterocycles. The SMILES string of the molecule is CC(C)NS(=O)(=O)c1ccc(C(=O)OCCCCN2C(=O)c3ccccc3C2=O)cc1. The van der Waals surface area contributed by atoms with Crippen molar-refractivity contribution in [3.63, 3.8) is 0 Å². The van der Waals surface area contributed by atoms with Gasteiger partial charge in [-0.15, -0.1) is 0 Å². The summed E-state index contributed by atoms with van der Waals surface area (Å²) in [4.78, 5) is 38.0. The van der Waals surface area contributed by atoms with Crippen LogP contribution in [0.4, 0.5) is 0 Å². The summed E-state index contributed by atoms with van der Waals surface area (Å²) in [7, 11) is -3.63. The molecular formula is C22H24N2O6S. The summed E-state index contributed by atoms with van der Waals surface area (Å²) in [5.74, 6) is -1.18. The minimum absolute atomic E-state index is 0.0682. The first-order valence-corrected chi connectivity index (χ1v) is 11.4. The highest BCUT2D eigenvalue weighted by atomic mass is 32.2. The van der Waals surface area contributed by atoms with Crippen LogP contribution in [-0.4, -0.2) is 50.3 Å². The van der Waals surface area contributed by atoms with Gasteiger partial charge in [-0.1, -0.05) is 12.1 Å². The first-order valence-electron chi connectivity index (χ1n) is 9.95. The second-order valence-corrected chi connectivity index (χ2v) is 9.16. The summed E-state index contributed by atoms with van der Waals surface area (Å²) in [6.07, 6.45) is 0.973. The molecule has 1 heterocycles. The molecule has 3 rings (SSSR count). The highest BCUT2D eigenvalue weighted by molar-refractivity contribution is 7.89. The maximum absolute atomic E-state index is 12.3. The fourth-order valence-corrected chi connectivity index (χ4v) is 4.46. The Morgan fingerprint density at radius 3 is 2.10 bits per heavy atom. The Morgan fingerprint density at radius 1 is 0.968 bits per heavy atom. The second kappa shape index (κ2) is 9.40. The monoisotopic (exact) mass is 444 g/mol. The number of carbonyl (C=O) groups excluding carboxylic acids is 3. The number of esters is 1. The molecule has 0 unspecified atom stereocenters. The Morgan fingerprint density at radius 2 is 1.55 bits per heavy atom. The van der Waals surface area contributed by atoms with Crippen molar-refractivity contribution < 1.29 is 27.5 Å². The van der Waals surface area contributed by atoms with Crippen molar-refractivity contribution in [1.29, 1.82) is 0 Å². The Hall–Kier alpha value is -3.04. The molecular weight excluding hydrogens is 420 g/mol. The van der Waals surface area contributed by atoms with Gasteiger partial charge in [0.05, 0.1) is 28.2 Å². The molecule has 0 saturated carbocycles. The van der Waals surface area contributed by atoms with Gasteiger partial charge in [0, 0.05) is 12.6 Å². The van der Waals surface area contributed by atoms with E-state index in [1.54, 1.807) is 38.1 Å². The lowest BCUT2D eigenvalue weighted by Crippen LogP contribution is -2.30. The van der Waals surface area contributed by atoms with Crippen LogP contribution in [0, 0.1) is 0 Å². The maximum Gasteiger partial charge on any atom is 0.338 e. The molecule has 2 amide bonds. The summed E-state index contributed by atoms with van der Waals surface area (Å²) in [6, 6.07) is 12.0. The maximum atomic E-state index is 12.3. The van der Waals surface area contributed by atoms with Crippen LogP contribution in [-0.2, 0) is 14.8 Å². The van der Waals surface area contributed by atoms with Gasteiger partial charge >= 0.3 is 5.97 Å². The molecule has 0 atom stereocenters. The molecule has 0 saturated heterocycles. The van der Waals surface area contributed by atoms with Crippen LogP contribution < -0.4 is 4.72 Å². The molecule has 2 aromatic carbocycles. The molecule has 1 N–H and O–H groups in total. The molecule has 0 radical (unpaired) electrons. The Bertz CT molecular complexity index is 1060. The lowest BCUT2D eigenvalue weighted by Gasteiger charge is -2.13. The Kier molecular flexibility index (Phi) is 6.87. The standard InChI is InChI=1S/C22H24N2O6S/c1-15(2)23-31(28,29)17-11-9-16(10-12-17)22(27)30-14-6-5-13-24-20(25)18-7-3-4-8-19(18)21(24)26/h3-4,7-12,15,23H,5-6,13-14H2,1-2H3. The largest absolute Gasteiger partial charge is 0.462 e. The molecule has 31 heavy (non-hydrogen) atoms. The van der Waals surface area contributed by atoms with E-state index < -0.39 is 16.0 Å². The molecule has 8 nitrogen and oxygen atoms in total. The quantitative estimate of drug-likeness (QED) is 0.362. The third-order valence-corrected chi connectivity index (χ3v) is 6.35. The molecule has 0 aromatic heterocycles. The molecule has 164 valence electrons. The second-order valence-electron chi connectivity index (χ2n) is 7.45. The number of hydrogen-bond acceptors (Lipinski definition) is 6. The summed E-state index contributed by atoms with van der Waals surface area (Å²) >= 11 is 0. The minimum Gasteiger partial charge on any atom is -0.462 e. The zero-order valence-corrected chi connectivity index (χ0v) is 18.1. The van der Waals surface area contributed by atoms with Crippen LogP contribution in [0.2, 0.25) is 0 Å². The van der Waals surface area contributed by atoms with E-state index in [1.165, 1.54) is 29.2 Å². The van der Waals surface area contributed by atoms with Crippen molar-refractivity contribution in [2.24, 2.45) is 0 Å². The molecule has 9 heteroatoms. The number of sulfonamides is 1. The molecule has 0 fully saturated rings. The lowest BCUT2D eigenvalue weighted by molar-refractivity contribution is 0.0485. The van der Waals surface area contributed by atoms with Gasteiger partial charge < -0.3 is 4.74 Å². The van der Waals surface area contributed by atoms with Gasteiger partial charge in [-0.3, -0.25) is 14.5 Å². The number of benzene rings is 2. The number of carbonyl (C=O) groups is 3. The van der Waals surface area contributed by atoms with Crippen LogP contribution >= 0.6 is 0 Å². The van der Waals surface area contributed by atoms with Gasteiger partial charge in [-0.25, -0.2) is 17.9 Å². The van der Waals surface area contributed by atoms with Gasteiger partial charge in [0.25, 0.3) is 11.8 Å². The van der Waals surface area contributed by atoms with E-state index in [4.69, 9.17) is 4.74 Å². The minimum atomic E-state index is -3.63. The first kappa shape index (κ1) is 22.6. The van der Waals surface area contributed by atoms with E-state index in [2.05, 4.69) is 4.72 Å². The van der Waals surface area contributed by atoms with Crippen molar-refractivity contribution in [1.82, 2.24) is 9.62 Å². The third-order valence-electron chi connectivity index (χ3n) is 4.68. The van der Waals surface area contributed by atoms with Crippen molar-refractivity contribution in [3.8, 4) is 0 Å².